The highest BCUT2D eigenvalue weighted by Gasteiger charge is 2.35. The molecular formula is C25H22F3N2S2+. The van der Waals surface area contributed by atoms with E-state index >= 15 is 0 Å². The third-order valence-corrected chi connectivity index (χ3v) is 8.18. The van der Waals surface area contributed by atoms with Crippen molar-refractivity contribution < 1.29 is 17.7 Å². The standard InChI is InChI=1S/C25H22F3N2S2/c1-13-6-8-15-16-9-11-18-20(29-23(31-18)25(26,27)28)22(16)32-21(15)19(13)17-10-7-14(12-30(17)5)24(2,3)4/h6-12H,1-5H3/q+1. The fraction of sp³-hybridized carbons (Fsp3) is 0.280. The van der Waals surface area contributed by atoms with Crippen LogP contribution in [0.15, 0.2) is 42.6 Å². The average Bonchev–Trinajstić information content (AvgIpc) is 3.28. The van der Waals surface area contributed by atoms with Gasteiger partial charge in [0.2, 0.25) is 5.69 Å². The SMILES string of the molecule is Cc1ccc2c(sc3c2ccc2sc(C(F)(F)F)nc23)c1-c1ccc(C(C)(C)C)c[n+]1C. The molecule has 0 saturated heterocycles. The molecule has 32 heavy (non-hydrogen) atoms. The molecule has 0 N–H and O–H groups in total. The summed E-state index contributed by atoms with van der Waals surface area (Å²) in [4.78, 5) is 3.99. The monoisotopic (exact) mass is 471 g/mol. The fourth-order valence-corrected chi connectivity index (χ4v) is 6.44. The first kappa shape index (κ1) is 21.3. The Morgan fingerprint density at radius 3 is 2.22 bits per heavy atom. The van der Waals surface area contributed by atoms with Gasteiger partial charge >= 0.3 is 6.18 Å². The normalized spacial score (nSPS) is 13.0. The summed E-state index contributed by atoms with van der Waals surface area (Å²) in [7, 11) is 2.05. The first-order chi connectivity index (χ1) is 14.9. The highest BCUT2D eigenvalue weighted by Crippen LogP contribution is 2.45. The van der Waals surface area contributed by atoms with Gasteiger partial charge in [-0.15, -0.1) is 22.7 Å². The molecule has 0 aliphatic rings. The smallest absolute Gasteiger partial charge is 0.231 e. The zero-order valence-electron chi connectivity index (χ0n) is 18.4. The van der Waals surface area contributed by atoms with Gasteiger partial charge in [0.15, 0.2) is 11.2 Å². The summed E-state index contributed by atoms with van der Waals surface area (Å²) in [6.45, 7) is 8.65. The topological polar surface area (TPSA) is 16.8 Å². The van der Waals surface area contributed by atoms with Crippen molar-refractivity contribution >= 4 is 53.1 Å². The van der Waals surface area contributed by atoms with E-state index in [2.05, 4.69) is 67.7 Å². The van der Waals surface area contributed by atoms with Crippen molar-refractivity contribution in [2.45, 2.75) is 39.3 Å². The Morgan fingerprint density at radius 1 is 0.875 bits per heavy atom. The lowest BCUT2D eigenvalue weighted by Crippen LogP contribution is -2.33. The van der Waals surface area contributed by atoms with Gasteiger partial charge in [0.05, 0.1) is 20.5 Å². The van der Waals surface area contributed by atoms with E-state index in [-0.39, 0.29) is 5.41 Å². The fourth-order valence-electron chi connectivity index (χ4n) is 4.14. The Balaban J connectivity index is 1.81. The zero-order valence-corrected chi connectivity index (χ0v) is 20.0. The van der Waals surface area contributed by atoms with Crippen LogP contribution in [0.2, 0.25) is 0 Å². The molecule has 0 bridgehead atoms. The van der Waals surface area contributed by atoms with E-state index in [1.165, 1.54) is 16.9 Å². The molecule has 164 valence electrons. The van der Waals surface area contributed by atoms with E-state index in [1.54, 1.807) is 6.07 Å². The van der Waals surface area contributed by atoms with Crippen LogP contribution in [0.4, 0.5) is 13.2 Å². The van der Waals surface area contributed by atoms with Crippen molar-refractivity contribution in [3.05, 3.63) is 58.7 Å². The number of aryl methyl sites for hydroxylation is 2. The molecule has 5 rings (SSSR count). The van der Waals surface area contributed by atoms with Crippen molar-refractivity contribution in [1.29, 1.82) is 0 Å². The molecule has 5 aromatic rings. The van der Waals surface area contributed by atoms with E-state index in [1.807, 2.05) is 13.1 Å². The van der Waals surface area contributed by atoms with Gasteiger partial charge in [0, 0.05) is 27.1 Å². The van der Waals surface area contributed by atoms with Crippen molar-refractivity contribution in [1.82, 2.24) is 4.98 Å². The van der Waals surface area contributed by atoms with Crippen molar-refractivity contribution in [2.75, 3.05) is 0 Å². The third kappa shape index (κ3) is 3.30. The Kier molecular flexibility index (Phi) is 4.66. The van der Waals surface area contributed by atoms with Gasteiger partial charge in [0.1, 0.15) is 7.05 Å². The molecule has 0 aliphatic heterocycles. The number of alkyl halides is 3. The molecule has 0 saturated carbocycles. The summed E-state index contributed by atoms with van der Waals surface area (Å²) in [5, 5.41) is 1.21. The van der Waals surface area contributed by atoms with Gasteiger partial charge in [-0.1, -0.05) is 39.0 Å². The summed E-state index contributed by atoms with van der Waals surface area (Å²) < 4.78 is 44.4. The number of nitrogens with zero attached hydrogens (tertiary/aromatic N) is 2. The Labute approximate surface area is 192 Å². The van der Waals surface area contributed by atoms with Gasteiger partial charge in [-0.3, -0.25) is 0 Å². The second-order valence-corrected chi connectivity index (χ2v) is 11.3. The van der Waals surface area contributed by atoms with Gasteiger partial charge in [-0.2, -0.15) is 13.2 Å². The predicted octanol–water partition coefficient (Wildman–Crippen LogP) is 7.78. The van der Waals surface area contributed by atoms with E-state index in [0.717, 1.165) is 37.0 Å². The van der Waals surface area contributed by atoms with Crippen LogP contribution in [0.25, 0.3) is 41.6 Å². The molecule has 2 aromatic carbocycles. The minimum atomic E-state index is -4.43. The number of aromatic nitrogens is 2. The number of halogens is 3. The predicted molar refractivity (Wildman–Crippen MR) is 128 cm³/mol. The maximum Gasteiger partial charge on any atom is 0.443 e. The van der Waals surface area contributed by atoms with Crippen LogP contribution in [-0.2, 0) is 18.6 Å². The van der Waals surface area contributed by atoms with E-state index in [4.69, 9.17) is 0 Å². The summed E-state index contributed by atoms with van der Waals surface area (Å²) in [5.41, 5.74) is 5.06. The average molecular weight is 472 g/mol. The number of rotatable bonds is 1. The van der Waals surface area contributed by atoms with Gasteiger partial charge < -0.3 is 0 Å². The Hall–Kier alpha value is -2.51. The summed E-state index contributed by atoms with van der Waals surface area (Å²) in [6, 6.07) is 12.2. The van der Waals surface area contributed by atoms with Gasteiger partial charge in [-0.05, 0) is 30.0 Å². The molecule has 0 aliphatic carbocycles. The highest BCUT2D eigenvalue weighted by atomic mass is 32.1. The maximum absolute atomic E-state index is 13.3. The van der Waals surface area contributed by atoms with Crippen LogP contribution in [0.3, 0.4) is 0 Å². The summed E-state index contributed by atoms with van der Waals surface area (Å²) in [6.07, 6.45) is -2.27. The highest BCUT2D eigenvalue weighted by molar-refractivity contribution is 7.28. The Bertz CT molecular complexity index is 1520. The first-order valence-corrected chi connectivity index (χ1v) is 11.9. The lowest BCUT2D eigenvalue weighted by atomic mass is 9.88. The molecule has 0 amide bonds. The summed E-state index contributed by atoms with van der Waals surface area (Å²) in [5.74, 6) is 0. The van der Waals surface area contributed by atoms with Gasteiger partial charge in [0.25, 0.3) is 0 Å². The van der Waals surface area contributed by atoms with E-state index in [9.17, 15) is 13.2 Å². The number of pyridine rings is 1. The molecule has 7 heteroatoms. The number of fused-ring (bicyclic) bond motifs is 5. The number of thiophene rings is 1. The second-order valence-electron chi connectivity index (χ2n) is 9.21. The molecule has 2 nitrogen and oxygen atoms in total. The number of hydrogen-bond acceptors (Lipinski definition) is 3. The van der Waals surface area contributed by atoms with Crippen molar-refractivity contribution in [3.8, 4) is 11.3 Å². The molecule has 0 atom stereocenters. The van der Waals surface area contributed by atoms with Crippen molar-refractivity contribution in [3.63, 3.8) is 0 Å². The first-order valence-electron chi connectivity index (χ1n) is 10.3. The van der Waals surface area contributed by atoms with Crippen molar-refractivity contribution in [2.24, 2.45) is 7.05 Å². The van der Waals surface area contributed by atoms with Crippen LogP contribution in [0, 0.1) is 6.92 Å². The minimum absolute atomic E-state index is 0.0430. The molecule has 0 spiro atoms. The molecule has 3 heterocycles. The number of benzene rings is 2. The molecule has 3 aromatic heterocycles. The maximum atomic E-state index is 13.3. The zero-order chi connectivity index (χ0) is 23.0. The van der Waals surface area contributed by atoms with Crippen LogP contribution in [-0.4, -0.2) is 4.98 Å². The molecular weight excluding hydrogens is 449 g/mol. The molecule has 0 unspecified atom stereocenters. The van der Waals surface area contributed by atoms with Crippen LogP contribution < -0.4 is 4.57 Å². The quantitative estimate of drug-likeness (QED) is 0.228. The van der Waals surface area contributed by atoms with Crippen LogP contribution in [0.1, 0.15) is 36.9 Å². The largest absolute Gasteiger partial charge is 0.443 e. The van der Waals surface area contributed by atoms with Gasteiger partial charge in [-0.25, -0.2) is 9.55 Å². The van der Waals surface area contributed by atoms with Crippen LogP contribution in [0.5, 0.6) is 0 Å². The lowest BCUT2D eigenvalue weighted by Gasteiger charge is -2.17. The van der Waals surface area contributed by atoms with E-state index < -0.39 is 11.2 Å². The number of thiazole rings is 1. The summed E-state index contributed by atoms with van der Waals surface area (Å²) >= 11 is 2.24. The molecule has 0 radical (unpaired) electrons. The van der Waals surface area contributed by atoms with Crippen LogP contribution >= 0.6 is 22.7 Å². The Morgan fingerprint density at radius 2 is 1.56 bits per heavy atom. The second kappa shape index (κ2) is 6.99. The third-order valence-electron chi connectivity index (χ3n) is 5.87. The van der Waals surface area contributed by atoms with E-state index in [0.29, 0.717) is 21.6 Å². The number of hydrogen-bond donors (Lipinski definition) is 0. The minimum Gasteiger partial charge on any atom is -0.231 e. The molecule has 0 fully saturated rings. The lowest BCUT2D eigenvalue weighted by molar-refractivity contribution is -0.660.